The third-order valence-corrected chi connectivity index (χ3v) is 3.11. The molecule has 0 saturated carbocycles. The minimum Gasteiger partial charge on any atom is -0.415 e. The fourth-order valence-corrected chi connectivity index (χ4v) is 2.05. The summed E-state index contributed by atoms with van der Waals surface area (Å²) >= 11 is 0. The van der Waals surface area contributed by atoms with Gasteiger partial charge in [-0.2, -0.15) is 0 Å². The largest absolute Gasteiger partial charge is 0.415 e. The number of esters is 2. The summed E-state index contributed by atoms with van der Waals surface area (Å²) in [7, 11) is 0. The van der Waals surface area contributed by atoms with Crippen molar-refractivity contribution in [3.8, 4) is 0 Å². The van der Waals surface area contributed by atoms with E-state index in [0.29, 0.717) is 0 Å². The summed E-state index contributed by atoms with van der Waals surface area (Å²) < 4.78 is 10.4. The summed E-state index contributed by atoms with van der Waals surface area (Å²) in [5.41, 5.74) is 1.98. The Morgan fingerprint density at radius 1 is 1.05 bits per heavy atom. The van der Waals surface area contributed by atoms with Gasteiger partial charge in [-0.25, -0.2) is 9.59 Å². The summed E-state index contributed by atoms with van der Waals surface area (Å²) in [5, 5.41) is 0. The molecule has 0 N–H and O–H groups in total. The number of benzene rings is 1. The maximum absolute atomic E-state index is 11.5. The number of ether oxygens (including phenoxy) is 2. The van der Waals surface area contributed by atoms with Gasteiger partial charge in [0.05, 0.1) is 0 Å². The van der Waals surface area contributed by atoms with Crippen LogP contribution in [0.5, 0.6) is 0 Å². The average Bonchev–Trinajstić information content (AvgIpc) is 2.56. The van der Waals surface area contributed by atoms with E-state index in [2.05, 4.69) is 13.2 Å². The lowest BCUT2D eigenvalue weighted by atomic mass is 9.96. The first-order chi connectivity index (χ1) is 10.6. The molecule has 4 nitrogen and oxygen atoms in total. The zero-order valence-electron chi connectivity index (χ0n) is 12.0. The van der Waals surface area contributed by atoms with E-state index in [1.807, 2.05) is 36.4 Å². The molecule has 1 aliphatic carbocycles. The lowest BCUT2D eigenvalue weighted by Crippen LogP contribution is -2.38. The highest BCUT2D eigenvalue weighted by Gasteiger charge is 2.36. The Bertz CT molecular complexity index is 631. The molecular formula is C18H16O4. The molecule has 0 saturated heterocycles. The zero-order chi connectivity index (χ0) is 16.0. The van der Waals surface area contributed by atoms with E-state index in [-0.39, 0.29) is 6.42 Å². The Morgan fingerprint density at radius 3 is 2.09 bits per heavy atom. The predicted molar refractivity (Wildman–Crippen MR) is 83.5 cm³/mol. The van der Waals surface area contributed by atoms with E-state index >= 15 is 0 Å². The molecule has 0 fully saturated rings. The predicted octanol–water partition coefficient (Wildman–Crippen LogP) is 3.18. The average molecular weight is 296 g/mol. The first-order valence-corrected chi connectivity index (χ1v) is 6.74. The van der Waals surface area contributed by atoms with Crippen LogP contribution in [0, 0.1) is 0 Å². The van der Waals surface area contributed by atoms with E-state index < -0.39 is 17.7 Å². The van der Waals surface area contributed by atoms with Crippen molar-refractivity contribution < 1.29 is 19.1 Å². The minimum atomic E-state index is -1.46. The summed E-state index contributed by atoms with van der Waals surface area (Å²) in [5.74, 6) is -2.80. The van der Waals surface area contributed by atoms with Gasteiger partial charge in [-0.15, -0.1) is 0 Å². The van der Waals surface area contributed by atoms with E-state index in [1.165, 1.54) is 0 Å². The topological polar surface area (TPSA) is 52.6 Å². The number of carbonyl (C=O) groups excluding carboxylic acids is 2. The molecule has 2 rings (SSSR count). The van der Waals surface area contributed by atoms with Crippen molar-refractivity contribution in [3.05, 3.63) is 79.4 Å². The summed E-state index contributed by atoms with van der Waals surface area (Å²) in [6.07, 6.45) is 7.42. The summed E-state index contributed by atoms with van der Waals surface area (Å²) in [6.45, 7) is 6.69. The first-order valence-electron chi connectivity index (χ1n) is 6.74. The van der Waals surface area contributed by atoms with Gasteiger partial charge in [0, 0.05) is 24.6 Å². The molecule has 1 aliphatic rings. The number of allylic oxidation sites excluding steroid dienone is 2. The van der Waals surface area contributed by atoms with Gasteiger partial charge in [-0.3, -0.25) is 0 Å². The molecule has 1 aromatic carbocycles. The second-order valence-electron chi connectivity index (χ2n) is 4.63. The van der Waals surface area contributed by atoms with Crippen molar-refractivity contribution in [1.29, 1.82) is 0 Å². The van der Waals surface area contributed by atoms with Crippen molar-refractivity contribution in [2.24, 2.45) is 0 Å². The van der Waals surface area contributed by atoms with Gasteiger partial charge in [0.2, 0.25) is 0 Å². The standard InChI is InChI=1S/C18H16O4/c1-3-16(19)21-18(22-17(20)4-2)12-10-15(11-13-18)14-8-6-5-7-9-14/h3-12H,1-2,13H2. The van der Waals surface area contributed by atoms with Crippen molar-refractivity contribution in [3.63, 3.8) is 0 Å². The molecule has 1 aromatic rings. The fourth-order valence-electron chi connectivity index (χ4n) is 2.05. The maximum atomic E-state index is 11.5. The monoisotopic (exact) mass is 296 g/mol. The molecule has 0 atom stereocenters. The molecular weight excluding hydrogens is 280 g/mol. The van der Waals surface area contributed by atoms with Crippen LogP contribution in [0.2, 0.25) is 0 Å². The quantitative estimate of drug-likeness (QED) is 0.476. The third kappa shape index (κ3) is 3.61. The van der Waals surface area contributed by atoms with Crippen molar-refractivity contribution in [2.45, 2.75) is 12.2 Å². The number of hydrogen-bond donors (Lipinski definition) is 0. The van der Waals surface area contributed by atoms with Crippen LogP contribution in [0.15, 0.2) is 73.9 Å². The van der Waals surface area contributed by atoms with Crippen LogP contribution in [-0.2, 0) is 19.1 Å². The number of carbonyl (C=O) groups is 2. The Labute approximate surface area is 129 Å². The molecule has 0 spiro atoms. The Hall–Kier alpha value is -2.88. The van der Waals surface area contributed by atoms with Gasteiger partial charge < -0.3 is 9.47 Å². The molecule has 112 valence electrons. The molecule has 0 unspecified atom stereocenters. The first kappa shape index (κ1) is 15.5. The summed E-state index contributed by atoms with van der Waals surface area (Å²) in [4.78, 5) is 23.0. The van der Waals surface area contributed by atoms with Crippen LogP contribution in [0.3, 0.4) is 0 Å². The van der Waals surface area contributed by atoms with Gasteiger partial charge in [-0.05, 0) is 11.1 Å². The number of rotatable bonds is 5. The molecule has 4 heteroatoms. The third-order valence-electron chi connectivity index (χ3n) is 3.11. The Kier molecular flexibility index (Phi) is 4.73. The minimum absolute atomic E-state index is 0.215. The Morgan fingerprint density at radius 2 is 1.64 bits per heavy atom. The molecule has 22 heavy (non-hydrogen) atoms. The lowest BCUT2D eigenvalue weighted by Gasteiger charge is -2.30. The van der Waals surface area contributed by atoms with E-state index in [4.69, 9.17) is 9.47 Å². The molecule has 0 radical (unpaired) electrons. The van der Waals surface area contributed by atoms with Crippen LogP contribution in [0.4, 0.5) is 0 Å². The molecule has 0 aromatic heterocycles. The van der Waals surface area contributed by atoms with Gasteiger partial charge in [0.15, 0.2) is 0 Å². The van der Waals surface area contributed by atoms with Crippen LogP contribution < -0.4 is 0 Å². The van der Waals surface area contributed by atoms with Crippen molar-refractivity contribution in [2.75, 3.05) is 0 Å². The second-order valence-corrected chi connectivity index (χ2v) is 4.63. The highest BCUT2D eigenvalue weighted by molar-refractivity contribution is 5.84. The van der Waals surface area contributed by atoms with E-state index in [9.17, 15) is 9.59 Å². The van der Waals surface area contributed by atoms with Gasteiger partial charge in [0.1, 0.15) is 0 Å². The van der Waals surface area contributed by atoms with Gasteiger partial charge in [-0.1, -0.05) is 55.6 Å². The molecule has 0 bridgehead atoms. The fraction of sp³-hybridized carbons (Fsp3) is 0.111. The second kappa shape index (κ2) is 6.72. The van der Waals surface area contributed by atoms with Gasteiger partial charge in [0.25, 0.3) is 5.79 Å². The maximum Gasteiger partial charge on any atom is 0.333 e. The van der Waals surface area contributed by atoms with E-state index in [1.54, 1.807) is 12.2 Å². The van der Waals surface area contributed by atoms with Crippen LogP contribution >= 0.6 is 0 Å². The van der Waals surface area contributed by atoms with Crippen LogP contribution in [0.1, 0.15) is 12.0 Å². The van der Waals surface area contributed by atoms with E-state index in [0.717, 1.165) is 23.3 Å². The van der Waals surface area contributed by atoms with Gasteiger partial charge >= 0.3 is 11.9 Å². The highest BCUT2D eigenvalue weighted by atomic mass is 16.7. The number of hydrogen-bond acceptors (Lipinski definition) is 4. The SMILES string of the molecule is C=CC(=O)OC1(OC(=O)C=C)C=CC(c2ccccc2)=CC1. The normalized spacial score (nSPS) is 15.4. The highest BCUT2D eigenvalue weighted by Crippen LogP contribution is 2.31. The molecule has 0 aliphatic heterocycles. The summed E-state index contributed by atoms with van der Waals surface area (Å²) in [6, 6.07) is 9.73. The van der Waals surface area contributed by atoms with Crippen molar-refractivity contribution in [1.82, 2.24) is 0 Å². The zero-order valence-corrected chi connectivity index (χ0v) is 12.0. The lowest BCUT2D eigenvalue weighted by molar-refractivity contribution is -0.204. The molecule has 0 heterocycles. The van der Waals surface area contributed by atoms with Crippen LogP contribution in [0.25, 0.3) is 5.57 Å². The molecule has 0 amide bonds. The van der Waals surface area contributed by atoms with Crippen LogP contribution in [-0.4, -0.2) is 17.7 Å². The van der Waals surface area contributed by atoms with Crippen molar-refractivity contribution >= 4 is 17.5 Å². The smallest absolute Gasteiger partial charge is 0.333 e. The Balaban J connectivity index is 2.23.